The van der Waals surface area contributed by atoms with Gasteiger partial charge in [0.05, 0.1) is 35.3 Å². The van der Waals surface area contributed by atoms with Gasteiger partial charge in [-0.1, -0.05) is 31.2 Å². The zero-order valence-electron chi connectivity index (χ0n) is 26.5. The first-order chi connectivity index (χ1) is 21.8. The van der Waals surface area contributed by atoms with E-state index >= 15 is 0 Å². The molecule has 0 saturated carbocycles. The van der Waals surface area contributed by atoms with E-state index in [9.17, 15) is 26.7 Å². The predicted molar refractivity (Wildman–Crippen MR) is 178 cm³/mol. The molecule has 1 aliphatic rings. The van der Waals surface area contributed by atoms with E-state index in [4.69, 9.17) is 9.47 Å². The van der Waals surface area contributed by atoms with Crippen molar-refractivity contribution in [3.63, 3.8) is 0 Å². The van der Waals surface area contributed by atoms with Crippen LogP contribution in [0.15, 0.2) is 75.1 Å². The summed E-state index contributed by atoms with van der Waals surface area (Å²) in [4.78, 5) is 15.9. The van der Waals surface area contributed by atoms with Gasteiger partial charge in [0.15, 0.2) is 0 Å². The Kier molecular flexibility index (Phi) is 12.2. The summed E-state index contributed by atoms with van der Waals surface area (Å²) in [6.45, 7) is 5.77. The van der Waals surface area contributed by atoms with E-state index in [0.29, 0.717) is 18.8 Å². The van der Waals surface area contributed by atoms with Gasteiger partial charge in [-0.05, 0) is 74.9 Å². The molecule has 1 aliphatic heterocycles. The highest BCUT2D eigenvalue weighted by atomic mass is 32.2. The lowest BCUT2D eigenvalue weighted by Gasteiger charge is -2.35. The topological polar surface area (TPSA) is 143 Å². The standard InChI is InChI=1S/C32H43N3O8S3/c1-23-20-35(24(2)22-36)32(37)28-19-26(33-45(38,39)27-12-6-5-7-13-27)15-16-29(28)43-25(3)11-8-9-17-42-30(23)21-34(4)46(40,41)31-14-10-18-44-31/h5-7,10,12-16,18-19,23-25,30,33,36H,8-9,11,17,20-22H2,1-4H3/t23-,24+,25+,30-/m0/s1. The lowest BCUT2D eigenvalue weighted by Crippen LogP contribution is -2.48. The fraction of sp³-hybridized carbons (Fsp3) is 0.469. The van der Waals surface area contributed by atoms with E-state index in [0.717, 1.165) is 24.2 Å². The Hall–Kier alpha value is -3.01. The van der Waals surface area contributed by atoms with Crippen molar-refractivity contribution in [1.29, 1.82) is 0 Å². The summed E-state index contributed by atoms with van der Waals surface area (Å²) in [5, 5.41) is 11.9. The van der Waals surface area contributed by atoms with Crippen LogP contribution in [0.5, 0.6) is 5.75 Å². The van der Waals surface area contributed by atoms with Crippen molar-refractivity contribution >= 4 is 43.0 Å². The molecule has 0 aliphatic carbocycles. The maximum Gasteiger partial charge on any atom is 0.261 e. The zero-order chi connectivity index (χ0) is 33.5. The number of hydrogen-bond donors (Lipinski definition) is 2. The number of hydrogen-bond acceptors (Lipinski definition) is 9. The number of carbonyl (C=O) groups is 1. The third kappa shape index (κ3) is 8.87. The summed E-state index contributed by atoms with van der Waals surface area (Å²) < 4.78 is 69.2. The third-order valence-electron chi connectivity index (χ3n) is 7.95. The van der Waals surface area contributed by atoms with Crippen LogP contribution in [-0.2, 0) is 24.8 Å². The van der Waals surface area contributed by atoms with E-state index in [1.807, 2.05) is 13.8 Å². The number of nitrogens with one attached hydrogen (secondary N) is 1. The summed E-state index contributed by atoms with van der Waals surface area (Å²) in [6.07, 6.45) is 1.35. The van der Waals surface area contributed by atoms with E-state index < -0.39 is 38.1 Å². The molecule has 0 fully saturated rings. The van der Waals surface area contributed by atoms with E-state index in [1.165, 1.54) is 34.5 Å². The molecule has 2 aromatic carbocycles. The Morgan fingerprint density at radius 1 is 1.07 bits per heavy atom. The van der Waals surface area contributed by atoms with E-state index in [1.54, 1.807) is 54.8 Å². The van der Waals surface area contributed by atoms with Gasteiger partial charge in [-0.25, -0.2) is 16.8 Å². The van der Waals surface area contributed by atoms with Crippen molar-refractivity contribution in [2.45, 2.75) is 67.4 Å². The molecule has 0 unspecified atom stereocenters. The number of likely N-dealkylation sites (N-methyl/N-ethyl adjacent to an activating group) is 1. The third-order valence-corrected chi connectivity index (χ3v) is 12.5. The number of nitrogens with zero attached hydrogens (tertiary/aromatic N) is 2. The maximum absolute atomic E-state index is 14.3. The van der Waals surface area contributed by atoms with Gasteiger partial charge >= 0.3 is 0 Å². The molecule has 0 saturated heterocycles. The highest BCUT2D eigenvalue weighted by Gasteiger charge is 2.33. The number of aliphatic hydroxyl groups is 1. The Labute approximate surface area is 276 Å². The Morgan fingerprint density at radius 3 is 2.48 bits per heavy atom. The van der Waals surface area contributed by atoms with Gasteiger partial charge in [0.2, 0.25) is 0 Å². The number of benzene rings is 2. The van der Waals surface area contributed by atoms with Gasteiger partial charge < -0.3 is 19.5 Å². The van der Waals surface area contributed by atoms with Crippen LogP contribution >= 0.6 is 11.3 Å². The number of ether oxygens (including phenoxy) is 2. The van der Waals surface area contributed by atoms with Gasteiger partial charge in [-0.15, -0.1) is 11.3 Å². The molecule has 4 atom stereocenters. The molecule has 0 spiro atoms. The van der Waals surface area contributed by atoms with Crippen molar-refractivity contribution in [3.05, 3.63) is 71.6 Å². The molecule has 0 radical (unpaired) electrons. The quantitative estimate of drug-likeness (QED) is 0.330. The summed E-state index contributed by atoms with van der Waals surface area (Å²) in [6, 6.07) is 15.1. The number of aliphatic hydroxyl groups excluding tert-OH is 1. The molecule has 1 amide bonds. The Balaban J connectivity index is 1.68. The number of fused-ring (bicyclic) bond motifs is 1. The van der Waals surface area contributed by atoms with Gasteiger partial charge in [0.25, 0.3) is 26.0 Å². The van der Waals surface area contributed by atoms with Crippen molar-refractivity contribution in [1.82, 2.24) is 9.21 Å². The van der Waals surface area contributed by atoms with E-state index in [2.05, 4.69) is 4.72 Å². The first-order valence-electron chi connectivity index (χ1n) is 15.2. The van der Waals surface area contributed by atoms with Crippen LogP contribution in [0.2, 0.25) is 0 Å². The summed E-state index contributed by atoms with van der Waals surface area (Å²) >= 11 is 1.14. The van der Waals surface area contributed by atoms with Crippen LogP contribution in [0.4, 0.5) is 5.69 Å². The fourth-order valence-corrected chi connectivity index (χ4v) is 8.63. The number of thiophene rings is 1. The normalized spacial score (nSPS) is 21.2. The maximum atomic E-state index is 14.3. The fourth-order valence-electron chi connectivity index (χ4n) is 5.18. The number of rotatable bonds is 9. The number of sulfonamides is 2. The van der Waals surface area contributed by atoms with Crippen molar-refractivity contribution in [2.75, 3.05) is 38.1 Å². The largest absolute Gasteiger partial charge is 0.490 e. The molecule has 3 aromatic rings. The molecule has 2 heterocycles. The SMILES string of the molecule is C[C@@H]1CCCCO[C@@H](CN(C)S(=O)(=O)c2cccs2)[C@@H](C)CN([C@H](C)CO)C(=O)c2cc(NS(=O)(=O)c3ccccc3)ccc2O1. The number of anilines is 1. The van der Waals surface area contributed by atoms with Crippen LogP contribution < -0.4 is 9.46 Å². The predicted octanol–water partition coefficient (Wildman–Crippen LogP) is 4.67. The minimum absolute atomic E-state index is 0.0679. The van der Waals surface area contributed by atoms with Gasteiger partial charge in [0.1, 0.15) is 9.96 Å². The minimum atomic E-state index is -3.93. The molecule has 2 N–H and O–H groups in total. The smallest absolute Gasteiger partial charge is 0.261 e. The Morgan fingerprint density at radius 2 is 1.80 bits per heavy atom. The molecule has 0 bridgehead atoms. The summed E-state index contributed by atoms with van der Waals surface area (Å²) in [5.41, 5.74) is 0.319. The molecule has 4 rings (SSSR count). The van der Waals surface area contributed by atoms with Gasteiger partial charge in [0, 0.05) is 38.3 Å². The second kappa shape index (κ2) is 15.7. The number of carbonyl (C=O) groups excluding carboxylic acids is 1. The highest BCUT2D eigenvalue weighted by Crippen LogP contribution is 2.30. The van der Waals surface area contributed by atoms with Crippen LogP contribution in [0, 0.1) is 5.92 Å². The highest BCUT2D eigenvalue weighted by molar-refractivity contribution is 7.92. The average molecular weight is 694 g/mol. The summed E-state index contributed by atoms with van der Waals surface area (Å²) in [7, 11) is -6.15. The minimum Gasteiger partial charge on any atom is -0.490 e. The lowest BCUT2D eigenvalue weighted by atomic mass is 10.0. The van der Waals surface area contributed by atoms with Crippen molar-refractivity contribution in [3.8, 4) is 5.75 Å². The van der Waals surface area contributed by atoms with Crippen molar-refractivity contribution < 1.29 is 36.2 Å². The molecule has 252 valence electrons. The second-order valence-corrected chi connectivity index (χ2v) is 16.5. The Bertz CT molecular complexity index is 1650. The second-order valence-electron chi connectivity index (χ2n) is 11.6. The number of amides is 1. The summed E-state index contributed by atoms with van der Waals surface area (Å²) in [5.74, 6) is -0.508. The van der Waals surface area contributed by atoms with Crippen LogP contribution in [0.1, 0.15) is 50.4 Å². The zero-order valence-corrected chi connectivity index (χ0v) is 29.0. The van der Waals surface area contributed by atoms with Crippen molar-refractivity contribution in [2.24, 2.45) is 5.92 Å². The first-order valence-corrected chi connectivity index (χ1v) is 19.1. The molecule has 14 heteroatoms. The molecular formula is C32H43N3O8S3. The van der Waals surface area contributed by atoms with Gasteiger partial charge in [-0.3, -0.25) is 9.52 Å². The van der Waals surface area contributed by atoms with Crippen LogP contribution in [0.3, 0.4) is 0 Å². The van der Waals surface area contributed by atoms with Gasteiger partial charge in [-0.2, -0.15) is 4.31 Å². The monoisotopic (exact) mass is 693 g/mol. The average Bonchev–Trinajstić information content (AvgIpc) is 3.59. The molecule has 11 nitrogen and oxygen atoms in total. The first kappa shape index (κ1) is 35.8. The molecular weight excluding hydrogens is 651 g/mol. The lowest BCUT2D eigenvalue weighted by molar-refractivity contribution is -0.00832. The van der Waals surface area contributed by atoms with Crippen LogP contribution in [0.25, 0.3) is 0 Å². The van der Waals surface area contributed by atoms with E-state index in [-0.39, 0.29) is 52.1 Å². The molecule has 1 aromatic heterocycles. The van der Waals surface area contributed by atoms with Crippen LogP contribution in [-0.4, -0.2) is 88.7 Å². The molecule has 46 heavy (non-hydrogen) atoms.